The summed E-state index contributed by atoms with van der Waals surface area (Å²) in [6.45, 7) is 3.69. The lowest BCUT2D eigenvalue weighted by molar-refractivity contribution is 0.469. The predicted molar refractivity (Wildman–Crippen MR) is 103 cm³/mol. The number of halogens is 1. The number of rotatable bonds is 5. The fraction of sp³-hybridized carbons (Fsp3) is 0.0556. The Morgan fingerprint density at radius 2 is 2.04 bits per heavy atom. The Morgan fingerprint density at radius 3 is 2.76 bits per heavy atom. The summed E-state index contributed by atoms with van der Waals surface area (Å²) >= 11 is 11.2. The van der Waals surface area contributed by atoms with Gasteiger partial charge in [-0.2, -0.15) is 14.9 Å². The highest BCUT2D eigenvalue weighted by molar-refractivity contribution is 7.71. The zero-order valence-corrected chi connectivity index (χ0v) is 14.8. The average molecular weight is 371 g/mol. The van der Waals surface area contributed by atoms with Crippen LogP contribution in [0, 0.1) is 4.77 Å². The smallest absolute Gasteiger partial charge is 0.216 e. The van der Waals surface area contributed by atoms with Gasteiger partial charge in [-0.3, -0.25) is 0 Å². The van der Waals surface area contributed by atoms with E-state index in [1.54, 1.807) is 30.5 Å². The molecule has 3 aromatic rings. The number of nitrogens with one attached hydrogen (secondary N) is 1. The molecular weight excluding hydrogens is 356 g/mol. The minimum Gasteiger partial charge on any atom is -0.507 e. The van der Waals surface area contributed by atoms with Crippen LogP contribution >= 0.6 is 23.8 Å². The zero-order chi connectivity index (χ0) is 17.8. The quantitative estimate of drug-likeness (QED) is 0.392. The molecule has 1 heterocycles. The van der Waals surface area contributed by atoms with Gasteiger partial charge < -0.3 is 5.11 Å². The maximum Gasteiger partial charge on any atom is 0.216 e. The monoisotopic (exact) mass is 370 g/mol. The number of nitrogens with zero attached hydrogens (tertiary/aromatic N) is 3. The summed E-state index contributed by atoms with van der Waals surface area (Å²) in [7, 11) is 0. The lowest BCUT2D eigenvalue weighted by atomic mass is 10.1. The molecule has 0 aliphatic heterocycles. The number of phenols is 1. The molecule has 3 rings (SSSR count). The van der Waals surface area contributed by atoms with Gasteiger partial charge >= 0.3 is 0 Å². The van der Waals surface area contributed by atoms with E-state index < -0.39 is 0 Å². The van der Waals surface area contributed by atoms with Crippen molar-refractivity contribution in [2.45, 2.75) is 6.42 Å². The van der Waals surface area contributed by atoms with E-state index in [2.05, 4.69) is 21.9 Å². The SMILES string of the molecule is C=CCc1cccc(/C=N\n2c(-c3ccc(Cl)cc3)n[nH]c2=S)c1O. The average Bonchev–Trinajstić information content (AvgIpc) is 2.97. The van der Waals surface area contributed by atoms with Crippen molar-refractivity contribution in [2.75, 3.05) is 0 Å². The molecule has 0 radical (unpaired) electrons. The van der Waals surface area contributed by atoms with E-state index in [-0.39, 0.29) is 5.75 Å². The molecule has 0 saturated heterocycles. The summed E-state index contributed by atoms with van der Waals surface area (Å²) in [5, 5.41) is 22.3. The van der Waals surface area contributed by atoms with Crippen LogP contribution in [0.15, 0.2) is 60.2 Å². The number of aromatic amines is 1. The molecule has 126 valence electrons. The fourth-order valence-electron chi connectivity index (χ4n) is 2.34. The Balaban J connectivity index is 1.99. The third kappa shape index (κ3) is 3.70. The molecule has 1 aromatic heterocycles. The highest BCUT2D eigenvalue weighted by Crippen LogP contribution is 2.23. The van der Waals surface area contributed by atoms with E-state index in [9.17, 15) is 5.11 Å². The van der Waals surface area contributed by atoms with Crippen LogP contribution in [-0.4, -0.2) is 26.2 Å². The second-order valence-corrected chi connectivity index (χ2v) is 6.09. The van der Waals surface area contributed by atoms with Gasteiger partial charge in [0, 0.05) is 16.1 Å². The van der Waals surface area contributed by atoms with Gasteiger partial charge in [0.2, 0.25) is 4.77 Å². The van der Waals surface area contributed by atoms with E-state index in [1.165, 1.54) is 4.68 Å². The van der Waals surface area contributed by atoms with E-state index in [4.69, 9.17) is 23.8 Å². The van der Waals surface area contributed by atoms with Crippen LogP contribution in [0.5, 0.6) is 5.75 Å². The second kappa shape index (κ2) is 7.46. The largest absolute Gasteiger partial charge is 0.507 e. The van der Waals surface area contributed by atoms with Crippen molar-refractivity contribution in [1.82, 2.24) is 14.9 Å². The van der Waals surface area contributed by atoms with Crippen molar-refractivity contribution in [3.8, 4) is 17.1 Å². The Hall–Kier alpha value is -2.70. The van der Waals surface area contributed by atoms with E-state index in [0.717, 1.165) is 11.1 Å². The van der Waals surface area contributed by atoms with E-state index in [1.807, 2.05) is 24.3 Å². The zero-order valence-electron chi connectivity index (χ0n) is 13.2. The van der Waals surface area contributed by atoms with Gasteiger partial charge in [0.25, 0.3) is 0 Å². The van der Waals surface area contributed by atoms with Crippen LogP contribution < -0.4 is 0 Å². The third-order valence-electron chi connectivity index (χ3n) is 3.58. The summed E-state index contributed by atoms with van der Waals surface area (Å²) in [5.74, 6) is 0.730. The molecule has 7 heteroatoms. The molecule has 0 bridgehead atoms. The first-order valence-corrected chi connectivity index (χ1v) is 8.28. The molecule has 2 aromatic carbocycles. The van der Waals surface area contributed by atoms with E-state index >= 15 is 0 Å². The van der Waals surface area contributed by atoms with Gasteiger partial charge in [0.05, 0.1) is 6.21 Å². The summed E-state index contributed by atoms with van der Waals surface area (Å²) in [6.07, 6.45) is 3.86. The van der Waals surface area contributed by atoms with Crippen molar-refractivity contribution in [3.05, 3.63) is 76.0 Å². The molecule has 0 fully saturated rings. The van der Waals surface area contributed by atoms with Crippen molar-refractivity contribution in [3.63, 3.8) is 0 Å². The van der Waals surface area contributed by atoms with Gasteiger partial charge in [-0.1, -0.05) is 29.8 Å². The Labute approximate surface area is 154 Å². The molecular formula is C18H15ClN4OS. The minimum atomic E-state index is 0.175. The summed E-state index contributed by atoms with van der Waals surface area (Å²) in [4.78, 5) is 0. The number of hydrogen-bond acceptors (Lipinski definition) is 4. The van der Waals surface area contributed by atoms with Gasteiger partial charge in [-0.05, 0) is 54.5 Å². The third-order valence-corrected chi connectivity index (χ3v) is 4.10. The molecule has 0 spiro atoms. The standard InChI is InChI=1S/C18H15ClN4OS/c1-2-4-12-5-3-6-14(16(12)24)11-20-23-17(21-22-18(23)25)13-7-9-15(19)10-8-13/h2-3,5-11,24H,1,4H2,(H,22,25)/b20-11-. The number of para-hydroxylation sites is 1. The molecule has 0 aliphatic carbocycles. The molecule has 0 amide bonds. The number of aromatic hydroxyl groups is 1. The summed E-state index contributed by atoms with van der Waals surface area (Å²) < 4.78 is 1.85. The lowest BCUT2D eigenvalue weighted by Crippen LogP contribution is -1.96. The maximum absolute atomic E-state index is 10.3. The number of aromatic nitrogens is 3. The maximum atomic E-state index is 10.3. The molecule has 2 N–H and O–H groups in total. The van der Waals surface area contributed by atoms with E-state index in [0.29, 0.717) is 27.6 Å². The van der Waals surface area contributed by atoms with Crippen LogP contribution in [0.25, 0.3) is 11.4 Å². The Morgan fingerprint density at radius 1 is 1.28 bits per heavy atom. The van der Waals surface area contributed by atoms with Crippen LogP contribution in [0.3, 0.4) is 0 Å². The second-order valence-electron chi connectivity index (χ2n) is 5.26. The molecule has 0 saturated carbocycles. The highest BCUT2D eigenvalue weighted by Gasteiger charge is 2.09. The Bertz CT molecular complexity index is 989. The molecule has 5 nitrogen and oxygen atoms in total. The van der Waals surface area contributed by atoms with Crippen molar-refractivity contribution >= 4 is 30.0 Å². The normalized spacial score (nSPS) is 11.1. The van der Waals surface area contributed by atoms with Crippen LogP contribution in [0.4, 0.5) is 0 Å². The number of H-pyrrole nitrogens is 1. The number of hydrogen-bond donors (Lipinski definition) is 2. The summed E-state index contributed by atoms with van der Waals surface area (Å²) in [5.41, 5.74) is 2.19. The van der Waals surface area contributed by atoms with Crippen LogP contribution in [-0.2, 0) is 6.42 Å². The Kier molecular flexibility index (Phi) is 5.11. The fourth-order valence-corrected chi connectivity index (χ4v) is 2.65. The summed E-state index contributed by atoms with van der Waals surface area (Å²) in [6, 6.07) is 12.7. The number of phenolic OH excluding ortho intramolecular Hbond substituents is 1. The minimum absolute atomic E-state index is 0.175. The molecule has 0 atom stereocenters. The highest BCUT2D eigenvalue weighted by atomic mass is 35.5. The van der Waals surface area contributed by atoms with Crippen LogP contribution in [0.1, 0.15) is 11.1 Å². The van der Waals surface area contributed by atoms with Gasteiger partial charge in [-0.25, -0.2) is 5.10 Å². The lowest BCUT2D eigenvalue weighted by Gasteiger charge is -2.05. The van der Waals surface area contributed by atoms with Crippen molar-refractivity contribution in [1.29, 1.82) is 0 Å². The number of benzene rings is 2. The first kappa shape index (κ1) is 17.1. The van der Waals surface area contributed by atoms with Crippen molar-refractivity contribution < 1.29 is 5.11 Å². The molecule has 0 unspecified atom stereocenters. The molecule has 25 heavy (non-hydrogen) atoms. The van der Waals surface area contributed by atoms with Gasteiger partial charge in [-0.15, -0.1) is 6.58 Å². The topological polar surface area (TPSA) is 66.2 Å². The van der Waals surface area contributed by atoms with Gasteiger partial charge in [0.1, 0.15) is 5.75 Å². The first-order valence-electron chi connectivity index (χ1n) is 7.49. The first-order chi connectivity index (χ1) is 12.1. The number of allylic oxidation sites excluding steroid dienone is 1. The van der Waals surface area contributed by atoms with Crippen molar-refractivity contribution in [2.24, 2.45) is 5.10 Å². The molecule has 0 aliphatic rings. The van der Waals surface area contributed by atoms with Gasteiger partial charge in [0.15, 0.2) is 5.82 Å². The van der Waals surface area contributed by atoms with Crippen LogP contribution in [0.2, 0.25) is 5.02 Å². The predicted octanol–water partition coefficient (Wildman–Crippen LogP) is 4.58.